The lowest BCUT2D eigenvalue weighted by molar-refractivity contribution is -0.117. The highest BCUT2D eigenvalue weighted by molar-refractivity contribution is 6.43. The van der Waals surface area contributed by atoms with Crippen LogP contribution in [-0.2, 0) is 9.53 Å². The second-order valence-corrected chi connectivity index (χ2v) is 7.07. The number of aryl methyl sites for hydroxylation is 1. The van der Waals surface area contributed by atoms with Crippen molar-refractivity contribution in [2.45, 2.75) is 20.3 Å². The van der Waals surface area contributed by atoms with Crippen LogP contribution in [-0.4, -0.2) is 68.4 Å². The highest BCUT2D eigenvalue weighted by Crippen LogP contribution is 2.32. The summed E-state index contributed by atoms with van der Waals surface area (Å²) < 4.78 is 10.4. The van der Waals surface area contributed by atoms with E-state index in [0.29, 0.717) is 29.1 Å². The number of hydrogen-bond donors (Lipinski definition) is 2. The number of hydrogen-bond acceptors (Lipinski definition) is 6. The van der Waals surface area contributed by atoms with Crippen LogP contribution < -0.4 is 10.1 Å². The van der Waals surface area contributed by atoms with Gasteiger partial charge in [0.1, 0.15) is 11.4 Å². The Morgan fingerprint density at radius 3 is 2.37 bits per heavy atom. The fraction of sp³-hybridized carbons (Fsp3) is 0.409. The number of nitrogens with zero attached hydrogens (tertiary/aromatic N) is 1. The summed E-state index contributed by atoms with van der Waals surface area (Å²) >= 11 is 0. The molecule has 0 unspecified atom stereocenters. The van der Waals surface area contributed by atoms with E-state index in [1.807, 2.05) is 19.0 Å². The first kappa shape index (κ1) is 23.2. The minimum atomic E-state index is -0.732. The third kappa shape index (κ3) is 5.48. The zero-order chi connectivity index (χ0) is 22.3. The third-order valence-electron chi connectivity index (χ3n) is 4.55. The van der Waals surface area contributed by atoms with Crippen molar-refractivity contribution >= 4 is 17.7 Å². The van der Waals surface area contributed by atoms with E-state index in [-0.39, 0.29) is 17.9 Å². The van der Waals surface area contributed by atoms with Crippen molar-refractivity contribution in [1.82, 2.24) is 15.2 Å². The van der Waals surface area contributed by atoms with Crippen LogP contribution in [0.4, 0.5) is 0 Å². The molecule has 1 aromatic heterocycles. The Morgan fingerprint density at radius 1 is 1.13 bits per heavy atom. The highest BCUT2D eigenvalue weighted by atomic mass is 16.5. The molecule has 2 rings (SSSR count). The average Bonchev–Trinajstić information content (AvgIpc) is 3.07. The van der Waals surface area contributed by atoms with E-state index in [1.54, 1.807) is 45.2 Å². The van der Waals surface area contributed by atoms with Gasteiger partial charge in [-0.1, -0.05) is 12.1 Å². The number of carbonyl (C=O) groups excluding carboxylic acids is 3. The number of amides is 1. The molecular weight excluding hydrogens is 386 g/mol. The van der Waals surface area contributed by atoms with Crippen LogP contribution in [0.5, 0.6) is 5.75 Å². The van der Waals surface area contributed by atoms with Gasteiger partial charge in [-0.05, 0) is 58.6 Å². The van der Waals surface area contributed by atoms with Crippen LogP contribution >= 0.6 is 0 Å². The lowest BCUT2D eigenvalue weighted by atomic mass is 9.98. The summed E-state index contributed by atoms with van der Waals surface area (Å²) in [5.74, 6) is -1.37. The third-order valence-corrected chi connectivity index (χ3v) is 4.55. The lowest BCUT2D eigenvalue weighted by Gasteiger charge is -2.10. The Kier molecular flexibility index (Phi) is 8.17. The van der Waals surface area contributed by atoms with Crippen molar-refractivity contribution in [3.8, 4) is 16.9 Å². The van der Waals surface area contributed by atoms with E-state index >= 15 is 0 Å². The molecule has 8 heteroatoms. The van der Waals surface area contributed by atoms with E-state index in [4.69, 9.17) is 9.47 Å². The zero-order valence-electron chi connectivity index (χ0n) is 18.1. The van der Waals surface area contributed by atoms with Gasteiger partial charge in [0, 0.05) is 17.8 Å². The van der Waals surface area contributed by atoms with Gasteiger partial charge < -0.3 is 24.7 Å². The number of carbonyl (C=O) groups is 3. The maximum absolute atomic E-state index is 12.9. The minimum Gasteiger partial charge on any atom is -0.497 e. The first-order valence-electron chi connectivity index (χ1n) is 9.81. The van der Waals surface area contributed by atoms with Gasteiger partial charge in [-0.15, -0.1) is 0 Å². The SMILES string of the molecule is CCOC(=O)c1c(C)[nH]c(C(=O)C(=O)NCCCN(C)C)c1-c1ccc(OC)cc1. The van der Waals surface area contributed by atoms with Gasteiger partial charge in [-0.2, -0.15) is 0 Å². The van der Waals surface area contributed by atoms with Crippen LogP contribution in [0.15, 0.2) is 24.3 Å². The summed E-state index contributed by atoms with van der Waals surface area (Å²) in [6.07, 6.45) is 0.717. The van der Waals surface area contributed by atoms with Crippen LogP contribution in [0.3, 0.4) is 0 Å². The molecule has 0 radical (unpaired) electrons. The number of nitrogens with one attached hydrogen (secondary N) is 2. The fourth-order valence-corrected chi connectivity index (χ4v) is 3.09. The molecule has 30 heavy (non-hydrogen) atoms. The molecule has 0 aliphatic heterocycles. The molecule has 0 atom stereocenters. The van der Waals surface area contributed by atoms with Crippen LogP contribution in [0, 0.1) is 6.92 Å². The van der Waals surface area contributed by atoms with Gasteiger partial charge in [0.05, 0.1) is 19.3 Å². The summed E-state index contributed by atoms with van der Waals surface area (Å²) in [6.45, 7) is 4.75. The summed E-state index contributed by atoms with van der Waals surface area (Å²) in [4.78, 5) is 42.9. The predicted octanol–water partition coefficient (Wildman–Crippen LogP) is 2.43. The molecule has 1 aromatic carbocycles. The summed E-state index contributed by atoms with van der Waals surface area (Å²) in [6, 6.07) is 6.91. The Bertz CT molecular complexity index is 900. The summed E-state index contributed by atoms with van der Waals surface area (Å²) in [5.41, 5.74) is 1.72. The molecule has 2 aromatic rings. The number of H-pyrrole nitrogens is 1. The molecule has 0 aliphatic rings. The number of aromatic amines is 1. The monoisotopic (exact) mass is 415 g/mol. The maximum atomic E-state index is 12.9. The van der Waals surface area contributed by atoms with Gasteiger partial charge in [-0.3, -0.25) is 9.59 Å². The van der Waals surface area contributed by atoms with Gasteiger partial charge in [0.2, 0.25) is 0 Å². The lowest BCUT2D eigenvalue weighted by Crippen LogP contribution is -2.33. The predicted molar refractivity (Wildman–Crippen MR) is 114 cm³/mol. The first-order valence-corrected chi connectivity index (χ1v) is 9.81. The zero-order valence-corrected chi connectivity index (χ0v) is 18.1. The Balaban J connectivity index is 2.40. The number of methoxy groups -OCH3 is 1. The molecule has 0 bridgehead atoms. The topological polar surface area (TPSA) is 101 Å². The van der Waals surface area contributed by atoms with Gasteiger partial charge in [0.25, 0.3) is 11.7 Å². The molecule has 2 N–H and O–H groups in total. The van der Waals surface area contributed by atoms with Crippen LogP contribution in [0.2, 0.25) is 0 Å². The Hall–Kier alpha value is -3.13. The molecule has 162 valence electrons. The van der Waals surface area contributed by atoms with Crippen molar-refractivity contribution in [3.05, 3.63) is 41.2 Å². The van der Waals surface area contributed by atoms with Gasteiger partial charge >= 0.3 is 5.97 Å². The molecule has 8 nitrogen and oxygen atoms in total. The molecular formula is C22H29N3O5. The summed E-state index contributed by atoms with van der Waals surface area (Å²) in [7, 11) is 5.43. The number of ether oxygens (including phenoxy) is 2. The largest absolute Gasteiger partial charge is 0.497 e. The average molecular weight is 415 g/mol. The summed E-state index contributed by atoms with van der Waals surface area (Å²) in [5, 5.41) is 2.64. The number of benzene rings is 1. The van der Waals surface area contributed by atoms with Crippen molar-refractivity contribution in [1.29, 1.82) is 0 Å². The Labute approximate surface area is 176 Å². The number of rotatable bonds is 10. The first-order chi connectivity index (χ1) is 14.3. The molecule has 0 spiro atoms. The fourth-order valence-electron chi connectivity index (χ4n) is 3.09. The smallest absolute Gasteiger partial charge is 0.340 e. The quantitative estimate of drug-likeness (QED) is 0.268. The van der Waals surface area contributed by atoms with E-state index in [1.165, 1.54) is 0 Å². The van der Waals surface area contributed by atoms with Crippen molar-refractivity contribution in [3.63, 3.8) is 0 Å². The standard InChI is InChI=1S/C22H29N3O5/c1-6-30-22(28)17-14(2)24-19(18(17)15-8-10-16(29-5)11-9-15)20(26)21(27)23-12-7-13-25(3)4/h8-11,24H,6-7,12-13H2,1-5H3,(H,23,27). The number of ketones is 1. The molecule has 0 fully saturated rings. The molecule has 0 saturated heterocycles. The molecule has 1 amide bonds. The second-order valence-electron chi connectivity index (χ2n) is 7.07. The number of aromatic nitrogens is 1. The minimum absolute atomic E-state index is 0.0610. The van der Waals surface area contributed by atoms with Gasteiger partial charge in [0.15, 0.2) is 0 Å². The maximum Gasteiger partial charge on any atom is 0.340 e. The number of Topliss-reactive ketones (excluding diaryl/α,β-unsaturated/α-hetero) is 1. The van der Waals surface area contributed by atoms with E-state index in [0.717, 1.165) is 13.0 Å². The Morgan fingerprint density at radius 2 is 1.80 bits per heavy atom. The molecule has 0 aliphatic carbocycles. The van der Waals surface area contributed by atoms with E-state index in [2.05, 4.69) is 10.3 Å². The van der Waals surface area contributed by atoms with Crippen molar-refractivity contribution in [2.24, 2.45) is 0 Å². The van der Waals surface area contributed by atoms with Crippen molar-refractivity contribution < 1.29 is 23.9 Å². The van der Waals surface area contributed by atoms with E-state index < -0.39 is 17.7 Å². The van der Waals surface area contributed by atoms with Crippen LogP contribution in [0.1, 0.15) is 39.9 Å². The normalized spacial score (nSPS) is 10.7. The second kappa shape index (κ2) is 10.6. The highest BCUT2D eigenvalue weighted by Gasteiger charge is 2.29. The van der Waals surface area contributed by atoms with Crippen LogP contribution in [0.25, 0.3) is 11.1 Å². The van der Waals surface area contributed by atoms with Gasteiger partial charge in [-0.25, -0.2) is 4.79 Å². The van der Waals surface area contributed by atoms with Crippen molar-refractivity contribution in [2.75, 3.05) is 40.9 Å². The molecule has 0 saturated carbocycles. The van der Waals surface area contributed by atoms with E-state index in [9.17, 15) is 14.4 Å². The number of esters is 1. The molecule has 1 heterocycles.